The molecule has 0 aromatic heterocycles. The standard InChI is InChI=1S/C17H21F2N3O6S/c1-2-20-17(25)21-15(23)10-28-16(24)11-5-7-22(8-6-11)29(26,27)12-3-4-13(18)14(19)9-12/h3-4,9,11H,2,5-8,10H2,1H3,(H2,20,21,23,25). The molecule has 0 atom stereocenters. The number of urea groups is 1. The van der Waals surface area contributed by atoms with E-state index in [1.54, 1.807) is 6.92 Å². The Morgan fingerprint density at radius 2 is 1.83 bits per heavy atom. The summed E-state index contributed by atoms with van der Waals surface area (Å²) in [6.45, 7) is 1.32. The number of carbonyl (C=O) groups is 3. The van der Waals surface area contributed by atoms with Crippen LogP contribution in [0.4, 0.5) is 13.6 Å². The zero-order valence-corrected chi connectivity index (χ0v) is 16.4. The Bertz CT molecular complexity index is 885. The van der Waals surface area contributed by atoms with Gasteiger partial charge in [0.15, 0.2) is 18.2 Å². The smallest absolute Gasteiger partial charge is 0.321 e. The molecule has 1 aliphatic heterocycles. The summed E-state index contributed by atoms with van der Waals surface area (Å²) in [4.78, 5) is 34.4. The normalized spacial score (nSPS) is 15.6. The van der Waals surface area contributed by atoms with Gasteiger partial charge in [0.2, 0.25) is 10.0 Å². The third-order valence-corrected chi connectivity index (χ3v) is 6.15. The first-order chi connectivity index (χ1) is 13.6. The van der Waals surface area contributed by atoms with Crippen molar-refractivity contribution in [3.63, 3.8) is 0 Å². The average Bonchev–Trinajstić information content (AvgIpc) is 2.68. The second-order valence-corrected chi connectivity index (χ2v) is 8.21. The number of nitrogens with zero attached hydrogens (tertiary/aromatic N) is 1. The molecule has 1 aromatic rings. The minimum absolute atomic E-state index is 0.0216. The highest BCUT2D eigenvalue weighted by Crippen LogP contribution is 2.25. The van der Waals surface area contributed by atoms with Crippen molar-refractivity contribution in [2.45, 2.75) is 24.7 Å². The maximum Gasteiger partial charge on any atom is 0.321 e. The molecule has 12 heteroatoms. The summed E-state index contributed by atoms with van der Waals surface area (Å²) in [6.07, 6.45) is 0.277. The number of amides is 3. The van der Waals surface area contributed by atoms with Crippen molar-refractivity contribution in [1.29, 1.82) is 0 Å². The number of imide groups is 1. The van der Waals surface area contributed by atoms with E-state index in [1.807, 2.05) is 5.32 Å². The number of carbonyl (C=O) groups excluding carboxylic acids is 3. The third kappa shape index (κ3) is 5.94. The molecule has 29 heavy (non-hydrogen) atoms. The van der Waals surface area contributed by atoms with Crippen LogP contribution in [-0.4, -0.2) is 56.9 Å². The highest BCUT2D eigenvalue weighted by atomic mass is 32.2. The molecule has 1 aromatic carbocycles. The Kier molecular flexibility index (Phi) is 7.62. The fourth-order valence-electron chi connectivity index (χ4n) is 2.74. The van der Waals surface area contributed by atoms with Gasteiger partial charge in [-0.3, -0.25) is 14.9 Å². The number of esters is 1. The van der Waals surface area contributed by atoms with E-state index in [2.05, 4.69) is 5.32 Å². The van der Waals surface area contributed by atoms with Crippen molar-refractivity contribution in [2.24, 2.45) is 5.92 Å². The first kappa shape index (κ1) is 22.7. The highest BCUT2D eigenvalue weighted by molar-refractivity contribution is 7.89. The quantitative estimate of drug-likeness (QED) is 0.639. The first-order valence-electron chi connectivity index (χ1n) is 8.84. The molecule has 160 valence electrons. The number of halogens is 2. The van der Waals surface area contributed by atoms with Crippen LogP contribution in [0.3, 0.4) is 0 Å². The number of rotatable bonds is 6. The Morgan fingerprint density at radius 3 is 2.41 bits per heavy atom. The minimum Gasteiger partial charge on any atom is -0.455 e. The van der Waals surface area contributed by atoms with Crippen molar-refractivity contribution in [3.05, 3.63) is 29.8 Å². The van der Waals surface area contributed by atoms with Gasteiger partial charge < -0.3 is 10.1 Å². The molecule has 1 fully saturated rings. The molecule has 0 radical (unpaired) electrons. The van der Waals surface area contributed by atoms with E-state index < -0.39 is 52.1 Å². The van der Waals surface area contributed by atoms with Crippen LogP contribution in [-0.2, 0) is 24.3 Å². The van der Waals surface area contributed by atoms with E-state index in [-0.39, 0.29) is 30.8 Å². The maximum absolute atomic E-state index is 13.3. The van der Waals surface area contributed by atoms with E-state index in [1.165, 1.54) is 0 Å². The van der Waals surface area contributed by atoms with Gasteiger partial charge in [0.25, 0.3) is 5.91 Å². The van der Waals surface area contributed by atoms with E-state index in [4.69, 9.17) is 4.74 Å². The molecule has 2 N–H and O–H groups in total. The molecule has 0 spiro atoms. The fourth-order valence-corrected chi connectivity index (χ4v) is 4.22. The highest BCUT2D eigenvalue weighted by Gasteiger charge is 2.33. The van der Waals surface area contributed by atoms with Gasteiger partial charge in [-0.2, -0.15) is 4.31 Å². The number of benzene rings is 1. The SMILES string of the molecule is CCNC(=O)NC(=O)COC(=O)C1CCN(S(=O)(=O)c2ccc(F)c(F)c2)CC1. The van der Waals surface area contributed by atoms with E-state index in [0.29, 0.717) is 12.6 Å². The van der Waals surface area contributed by atoms with Crippen molar-refractivity contribution < 1.29 is 36.3 Å². The Hall–Kier alpha value is -2.60. The molecule has 0 saturated carbocycles. The molecule has 0 aliphatic carbocycles. The van der Waals surface area contributed by atoms with Crippen LogP contribution >= 0.6 is 0 Å². The molecule has 1 saturated heterocycles. The van der Waals surface area contributed by atoms with Crippen molar-refractivity contribution >= 4 is 27.9 Å². The van der Waals surface area contributed by atoms with Gasteiger partial charge in [-0.25, -0.2) is 22.0 Å². The van der Waals surface area contributed by atoms with E-state index >= 15 is 0 Å². The predicted molar refractivity (Wildman–Crippen MR) is 96.0 cm³/mol. The maximum atomic E-state index is 13.3. The second kappa shape index (κ2) is 9.74. The summed E-state index contributed by atoms with van der Waals surface area (Å²) in [5.74, 6) is -4.51. The molecular weight excluding hydrogens is 412 g/mol. The zero-order valence-electron chi connectivity index (χ0n) is 15.6. The van der Waals surface area contributed by atoms with E-state index in [9.17, 15) is 31.6 Å². The van der Waals surface area contributed by atoms with Crippen LogP contribution < -0.4 is 10.6 Å². The number of sulfonamides is 1. The number of ether oxygens (including phenoxy) is 1. The lowest BCUT2D eigenvalue weighted by Crippen LogP contribution is -2.43. The van der Waals surface area contributed by atoms with Gasteiger partial charge in [0.1, 0.15) is 0 Å². The van der Waals surface area contributed by atoms with Crippen molar-refractivity contribution in [3.8, 4) is 0 Å². The molecule has 2 rings (SSSR count). The van der Waals surface area contributed by atoms with Gasteiger partial charge in [0, 0.05) is 19.6 Å². The van der Waals surface area contributed by atoms with Crippen LogP contribution in [0.5, 0.6) is 0 Å². The first-order valence-corrected chi connectivity index (χ1v) is 10.3. The lowest BCUT2D eigenvalue weighted by atomic mass is 9.98. The molecule has 9 nitrogen and oxygen atoms in total. The summed E-state index contributed by atoms with van der Waals surface area (Å²) in [5, 5.41) is 4.33. The zero-order chi connectivity index (χ0) is 21.6. The Balaban J connectivity index is 1.86. The Labute approximate surface area is 166 Å². The second-order valence-electron chi connectivity index (χ2n) is 6.27. The molecule has 1 heterocycles. The molecule has 0 bridgehead atoms. The predicted octanol–water partition coefficient (Wildman–Crippen LogP) is 0.754. The molecule has 1 aliphatic rings. The van der Waals surface area contributed by atoms with Gasteiger partial charge in [-0.05, 0) is 38.0 Å². The van der Waals surface area contributed by atoms with Crippen LogP contribution in [0.15, 0.2) is 23.1 Å². The van der Waals surface area contributed by atoms with Gasteiger partial charge in [0.05, 0.1) is 10.8 Å². The largest absolute Gasteiger partial charge is 0.455 e. The molecular formula is C17H21F2N3O6S. The lowest BCUT2D eigenvalue weighted by molar-refractivity contribution is -0.153. The molecule has 3 amide bonds. The van der Waals surface area contributed by atoms with Crippen LogP contribution in [0.25, 0.3) is 0 Å². The van der Waals surface area contributed by atoms with Crippen LogP contribution in [0.2, 0.25) is 0 Å². The lowest BCUT2D eigenvalue weighted by Gasteiger charge is -2.30. The fraction of sp³-hybridized carbons (Fsp3) is 0.471. The summed E-state index contributed by atoms with van der Waals surface area (Å²) >= 11 is 0. The van der Waals surface area contributed by atoms with Gasteiger partial charge in [-0.15, -0.1) is 0 Å². The number of piperidine rings is 1. The topological polar surface area (TPSA) is 122 Å². The summed E-state index contributed by atoms with van der Waals surface area (Å²) < 4.78 is 57.4. The number of hydrogen-bond acceptors (Lipinski definition) is 6. The van der Waals surface area contributed by atoms with Crippen molar-refractivity contribution in [1.82, 2.24) is 14.9 Å². The van der Waals surface area contributed by atoms with Gasteiger partial charge >= 0.3 is 12.0 Å². The number of hydrogen-bond donors (Lipinski definition) is 2. The van der Waals surface area contributed by atoms with E-state index in [0.717, 1.165) is 16.4 Å². The third-order valence-electron chi connectivity index (χ3n) is 4.25. The summed E-state index contributed by atoms with van der Waals surface area (Å²) in [6, 6.07) is 1.61. The number of nitrogens with one attached hydrogen (secondary N) is 2. The van der Waals surface area contributed by atoms with Gasteiger partial charge in [-0.1, -0.05) is 0 Å². The van der Waals surface area contributed by atoms with Crippen LogP contribution in [0.1, 0.15) is 19.8 Å². The minimum atomic E-state index is -4.03. The summed E-state index contributed by atoms with van der Waals surface area (Å²) in [5.41, 5.74) is 0. The molecule has 0 unspecified atom stereocenters. The van der Waals surface area contributed by atoms with Crippen LogP contribution in [0, 0.1) is 17.6 Å². The van der Waals surface area contributed by atoms with Crippen molar-refractivity contribution in [2.75, 3.05) is 26.2 Å². The average molecular weight is 433 g/mol. The Morgan fingerprint density at radius 1 is 1.17 bits per heavy atom. The summed E-state index contributed by atoms with van der Waals surface area (Å²) in [7, 11) is -4.03. The monoisotopic (exact) mass is 433 g/mol.